The van der Waals surface area contributed by atoms with Crippen LogP contribution in [-0.2, 0) is 0 Å². The van der Waals surface area contributed by atoms with Crippen molar-refractivity contribution in [2.45, 2.75) is 0 Å². The maximum Gasteiger partial charge on any atom is 0.0473 e. The molecule has 0 saturated heterocycles. The van der Waals surface area contributed by atoms with Gasteiger partial charge in [-0.05, 0) is 66.9 Å². The van der Waals surface area contributed by atoms with Crippen molar-refractivity contribution in [1.29, 1.82) is 0 Å². The molecule has 0 atom stereocenters. The molecule has 0 radical (unpaired) electrons. The summed E-state index contributed by atoms with van der Waals surface area (Å²) in [5, 5.41) is 7.36. The van der Waals surface area contributed by atoms with Crippen molar-refractivity contribution in [1.82, 2.24) is 0 Å². The van der Waals surface area contributed by atoms with E-state index in [0.717, 1.165) is 22.2 Å². The van der Waals surface area contributed by atoms with E-state index in [1.54, 1.807) is 0 Å². The third-order valence-electron chi connectivity index (χ3n) is 7.45. The summed E-state index contributed by atoms with van der Waals surface area (Å²) in [4.78, 5) is 0. The fourth-order valence-electron chi connectivity index (χ4n) is 5.62. The van der Waals surface area contributed by atoms with Crippen LogP contribution in [0.1, 0.15) is 0 Å². The van der Waals surface area contributed by atoms with Crippen LogP contribution in [0.15, 0.2) is 140 Å². The second-order valence-electron chi connectivity index (χ2n) is 9.57. The predicted molar refractivity (Wildman–Crippen MR) is 160 cm³/mol. The third kappa shape index (κ3) is 3.56. The molecule has 174 valence electrons. The van der Waals surface area contributed by atoms with Gasteiger partial charge in [0.1, 0.15) is 0 Å². The first kappa shape index (κ1) is 21.4. The van der Waals surface area contributed by atoms with Gasteiger partial charge < -0.3 is 5.73 Å². The molecule has 0 aliphatic rings. The van der Waals surface area contributed by atoms with Crippen molar-refractivity contribution < 1.29 is 0 Å². The number of rotatable bonds is 3. The van der Waals surface area contributed by atoms with Gasteiger partial charge in [-0.15, -0.1) is 0 Å². The van der Waals surface area contributed by atoms with Crippen molar-refractivity contribution >= 4 is 38.0 Å². The number of anilines is 1. The Morgan fingerprint density at radius 1 is 0.324 bits per heavy atom. The zero-order chi connectivity index (χ0) is 24.8. The summed E-state index contributed by atoms with van der Waals surface area (Å²) in [5.74, 6) is 0. The molecule has 1 heteroatoms. The lowest BCUT2D eigenvalue weighted by molar-refractivity contribution is 1.60. The average Bonchev–Trinajstić information content (AvgIpc) is 2.98. The van der Waals surface area contributed by atoms with Gasteiger partial charge in [-0.25, -0.2) is 0 Å². The van der Waals surface area contributed by atoms with Gasteiger partial charge in [0.15, 0.2) is 0 Å². The number of hydrogen-bond donors (Lipinski definition) is 1. The Bertz CT molecular complexity index is 1920. The third-order valence-corrected chi connectivity index (χ3v) is 7.45. The Balaban J connectivity index is 1.40. The van der Waals surface area contributed by atoms with Gasteiger partial charge in [0.2, 0.25) is 0 Å². The van der Waals surface area contributed by atoms with E-state index >= 15 is 0 Å². The molecule has 2 N–H and O–H groups in total. The zero-order valence-electron chi connectivity index (χ0n) is 20.4. The smallest absolute Gasteiger partial charge is 0.0473 e. The van der Waals surface area contributed by atoms with Crippen LogP contribution in [0, 0.1) is 0 Å². The summed E-state index contributed by atoms with van der Waals surface area (Å²) < 4.78 is 0. The van der Waals surface area contributed by atoms with Gasteiger partial charge in [-0.1, -0.05) is 127 Å². The molecule has 0 aliphatic heterocycles. The van der Waals surface area contributed by atoms with Crippen LogP contribution in [0.2, 0.25) is 0 Å². The SMILES string of the molecule is Nc1c(-c2ccc(-c3cc4ccccc4c4ccccc34)cc2)cc(-c2ccccc2)c2ccccc12. The van der Waals surface area contributed by atoms with Crippen LogP contribution in [0.5, 0.6) is 0 Å². The molecule has 0 amide bonds. The summed E-state index contributed by atoms with van der Waals surface area (Å²) in [7, 11) is 0. The number of fused-ring (bicyclic) bond motifs is 4. The number of nitrogens with two attached hydrogens (primary N) is 1. The molecule has 0 saturated carbocycles. The van der Waals surface area contributed by atoms with Crippen molar-refractivity contribution in [2.24, 2.45) is 0 Å². The molecule has 0 fully saturated rings. The van der Waals surface area contributed by atoms with Crippen LogP contribution in [0.25, 0.3) is 65.7 Å². The minimum Gasteiger partial charge on any atom is -0.398 e. The number of hydrogen-bond acceptors (Lipinski definition) is 1. The summed E-state index contributed by atoms with van der Waals surface area (Å²) in [6, 6.07) is 49.7. The van der Waals surface area contributed by atoms with Crippen molar-refractivity contribution in [3.05, 3.63) is 140 Å². The van der Waals surface area contributed by atoms with Crippen molar-refractivity contribution in [3.8, 4) is 33.4 Å². The molecule has 0 aromatic heterocycles. The highest BCUT2D eigenvalue weighted by Gasteiger charge is 2.14. The second kappa shape index (κ2) is 8.65. The molecule has 37 heavy (non-hydrogen) atoms. The fraction of sp³-hybridized carbons (Fsp3) is 0. The first-order chi connectivity index (χ1) is 18.3. The molecule has 0 unspecified atom stereocenters. The summed E-state index contributed by atoms with van der Waals surface area (Å²) in [6.07, 6.45) is 0. The lowest BCUT2D eigenvalue weighted by Crippen LogP contribution is -1.94. The Morgan fingerprint density at radius 2 is 0.784 bits per heavy atom. The quantitative estimate of drug-likeness (QED) is 0.201. The maximum absolute atomic E-state index is 6.78. The lowest BCUT2D eigenvalue weighted by Gasteiger charge is -2.16. The largest absolute Gasteiger partial charge is 0.398 e. The molecule has 7 aromatic rings. The molecule has 0 heterocycles. The van der Waals surface area contributed by atoms with E-state index < -0.39 is 0 Å². The minimum atomic E-state index is 0.819. The van der Waals surface area contributed by atoms with Crippen LogP contribution in [0.4, 0.5) is 5.69 Å². The topological polar surface area (TPSA) is 26.0 Å². The highest BCUT2D eigenvalue weighted by molar-refractivity contribution is 6.14. The molecule has 7 aromatic carbocycles. The summed E-state index contributed by atoms with van der Waals surface area (Å²) >= 11 is 0. The molecule has 0 aliphatic carbocycles. The van der Waals surface area contributed by atoms with Gasteiger partial charge in [-0.2, -0.15) is 0 Å². The molecular formula is C36H25N. The van der Waals surface area contributed by atoms with E-state index in [4.69, 9.17) is 5.73 Å². The monoisotopic (exact) mass is 471 g/mol. The second-order valence-corrected chi connectivity index (χ2v) is 9.57. The van der Waals surface area contributed by atoms with Gasteiger partial charge in [0, 0.05) is 16.6 Å². The molecule has 0 spiro atoms. The molecular weight excluding hydrogens is 446 g/mol. The van der Waals surface area contributed by atoms with E-state index in [0.29, 0.717) is 0 Å². The van der Waals surface area contributed by atoms with E-state index in [9.17, 15) is 0 Å². The standard InChI is InChI=1S/C36H25N/c37-36-32-17-9-8-16-31(32)34(24-10-2-1-3-11-24)23-35(36)26-20-18-25(19-21-26)33-22-27-12-4-5-13-28(27)29-14-6-7-15-30(29)33/h1-23H,37H2. The summed E-state index contributed by atoms with van der Waals surface area (Å²) in [6.45, 7) is 0. The Labute approximate surface area is 216 Å². The van der Waals surface area contributed by atoms with E-state index in [2.05, 4.69) is 140 Å². The summed E-state index contributed by atoms with van der Waals surface area (Å²) in [5.41, 5.74) is 14.6. The van der Waals surface area contributed by atoms with E-state index in [1.165, 1.54) is 49.2 Å². The maximum atomic E-state index is 6.78. The van der Waals surface area contributed by atoms with Gasteiger partial charge in [0.25, 0.3) is 0 Å². The van der Waals surface area contributed by atoms with Gasteiger partial charge >= 0.3 is 0 Å². The predicted octanol–water partition coefficient (Wildman–Crippen LogP) is 9.73. The van der Waals surface area contributed by atoms with E-state index in [-0.39, 0.29) is 0 Å². The highest BCUT2D eigenvalue weighted by Crippen LogP contribution is 2.41. The molecule has 0 bridgehead atoms. The van der Waals surface area contributed by atoms with Crippen molar-refractivity contribution in [2.75, 3.05) is 5.73 Å². The van der Waals surface area contributed by atoms with Crippen LogP contribution >= 0.6 is 0 Å². The Morgan fingerprint density at radius 3 is 1.49 bits per heavy atom. The van der Waals surface area contributed by atoms with Crippen molar-refractivity contribution in [3.63, 3.8) is 0 Å². The minimum absolute atomic E-state index is 0.819. The number of benzene rings is 7. The van der Waals surface area contributed by atoms with Crippen LogP contribution in [0.3, 0.4) is 0 Å². The van der Waals surface area contributed by atoms with Gasteiger partial charge in [-0.3, -0.25) is 0 Å². The first-order valence-corrected chi connectivity index (χ1v) is 12.7. The zero-order valence-corrected chi connectivity index (χ0v) is 20.4. The Hall–Kier alpha value is -4.88. The molecule has 1 nitrogen and oxygen atoms in total. The van der Waals surface area contributed by atoms with Gasteiger partial charge in [0.05, 0.1) is 0 Å². The average molecular weight is 472 g/mol. The van der Waals surface area contributed by atoms with E-state index in [1.807, 2.05) is 0 Å². The Kier molecular flexibility index (Phi) is 5.01. The fourth-order valence-corrected chi connectivity index (χ4v) is 5.62. The highest BCUT2D eigenvalue weighted by atomic mass is 14.6. The normalized spacial score (nSPS) is 11.4. The number of nitrogen functional groups attached to an aromatic ring is 1. The lowest BCUT2D eigenvalue weighted by atomic mass is 9.90. The first-order valence-electron chi connectivity index (χ1n) is 12.7. The van der Waals surface area contributed by atoms with Crippen LogP contribution < -0.4 is 5.73 Å². The van der Waals surface area contributed by atoms with Crippen LogP contribution in [-0.4, -0.2) is 0 Å². The molecule has 7 rings (SSSR count).